The maximum atomic E-state index is 12.0. The van der Waals surface area contributed by atoms with E-state index < -0.39 is 0 Å². The lowest BCUT2D eigenvalue weighted by Crippen LogP contribution is -2.19. The number of hydrogen-bond donors (Lipinski definition) is 1. The number of hydrogen-bond acceptors (Lipinski definition) is 3. The van der Waals surface area contributed by atoms with Gasteiger partial charge in [0, 0.05) is 5.92 Å². The van der Waals surface area contributed by atoms with Gasteiger partial charge in [0.1, 0.15) is 18.1 Å². The van der Waals surface area contributed by atoms with E-state index in [4.69, 9.17) is 4.74 Å². The van der Waals surface area contributed by atoms with Crippen LogP contribution in [0.3, 0.4) is 0 Å². The van der Waals surface area contributed by atoms with Crippen LogP contribution in [0.5, 0.6) is 5.75 Å². The highest BCUT2D eigenvalue weighted by molar-refractivity contribution is 6.05. The number of Topliss-reactive ketones (excluding diaryl/α,β-unsaturated/α-hetero) is 1. The Morgan fingerprint density at radius 2 is 1.65 bits per heavy atom. The molecule has 0 unspecified atom stereocenters. The summed E-state index contributed by atoms with van der Waals surface area (Å²) in [4.78, 5) is 23.6. The largest absolute Gasteiger partial charge is 0.487 e. The molecule has 2 aromatic carbocycles. The van der Waals surface area contributed by atoms with Gasteiger partial charge in [-0.05, 0) is 17.7 Å². The van der Waals surface area contributed by atoms with Crippen LogP contribution in [0.15, 0.2) is 54.6 Å². The Hall–Kier alpha value is -2.62. The van der Waals surface area contributed by atoms with Gasteiger partial charge in [-0.15, -0.1) is 0 Å². The molecule has 0 atom stereocenters. The van der Waals surface area contributed by atoms with E-state index in [0.29, 0.717) is 18.0 Å². The van der Waals surface area contributed by atoms with Crippen LogP contribution in [0.1, 0.15) is 25.8 Å². The molecule has 2 aromatic rings. The van der Waals surface area contributed by atoms with E-state index in [1.54, 1.807) is 26.0 Å². The SMILES string of the molecule is CC(C)C(=O)CC(=O)Nc1ccccc1OCc1ccccc1. The Morgan fingerprint density at radius 3 is 2.35 bits per heavy atom. The minimum absolute atomic E-state index is 0.0785. The van der Waals surface area contributed by atoms with Crippen LogP contribution in [0.25, 0.3) is 0 Å². The number of carbonyl (C=O) groups excluding carboxylic acids is 2. The third kappa shape index (κ3) is 5.25. The number of para-hydroxylation sites is 2. The first-order valence-corrected chi connectivity index (χ1v) is 7.64. The van der Waals surface area contributed by atoms with Crippen molar-refractivity contribution in [3.05, 3.63) is 60.2 Å². The van der Waals surface area contributed by atoms with Gasteiger partial charge in [-0.3, -0.25) is 9.59 Å². The molecule has 120 valence electrons. The zero-order valence-electron chi connectivity index (χ0n) is 13.4. The van der Waals surface area contributed by atoms with Crippen molar-refractivity contribution in [2.45, 2.75) is 26.9 Å². The molecule has 0 saturated carbocycles. The molecule has 0 radical (unpaired) electrons. The smallest absolute Gasteiger partial charge is 0.231 e. The number of benzene rings is 2. The van der Waals surface area contributed by atoms with E-state index in [0.717, 1.165) is 5.56 Å². The molecule has 0 aliphatic rings. The average Bonchev–Trinajstić information content (AvgIpc) is 2.54. The van der Waals surface area contributed by atoms with Crippen molar-refractivity contribution < 1.29 is 14.3 Å². The van der Waals surface area contributed by atoms with E-state index in [2.05, 4.69) is 5.32 Å². The van der Waals surface area contributed by atoms with Gasteiger partial charge in [-0.1, -0.05) is 56.3 Å². The van der Waals surface area contributed by atoms with Crippen LogP contribution >= 0.6 is 0 Å². The second kappa shape index (κ2) is 8.13. The van der Waals surface area contributed by atoms with E-state index >= 15 is 0 Å². The molecule has 0 heterocycles. The second-order valence-electron chi connectivity index (χ2n) is 5.62. The third-order valence-electron chi connectivity index (χ3n) is 3.38. The number of rotatable bonds is 7. The molecular weight excluding hydrogens is 290 g/mol. The van der Waals surface area contributed by atoms with E-state index in [1.165, 1.54) is 0 Å². The Labute approximate surface area is 136 Å². The first kappa shape index (κ1) is 16.7. The van der Waals surface area contributed by atoms with Gasteiger partial charge in [0.15, 0.2) is 0 Å². The molecular formula is C19H21NO3. The minimum atomic E-state index is -0.320. The van der Waals surface area contributed by atoms with Gasteiger partial charge in [-0.2, -0.15) is 0 Å². The maximum absolute atomic E-state index is 12.0. The molecule has 0 fully saturated rings. The molecule has 2 rings (SSSR count). The summed E-state index contributed by atoms with van der Waals surface area (Å²) in [7, 11) is 0. The fourth-order valence-electron chi connectivity index (χ4n) is 1.99. The van der Waals surface area contributed by atoms with Crippen LogP contribution in [0, 0.1) is 5.92 Å². The molecule has 0 aliphatic heterocycles. The van der Waals surface area contributed by atoms with Crippen molar-refractivity contribution in [1.29, 1.82) is 0 Å². The predicted octanol–water partition coefficient (Wildman–Crippen LogP) is 3.82. The highest BCUT2D eigenvalue weighted by Gasteiger charge is 2.14. The van der Waals surface area contributed by atoms with E-state index in [-0.39, 0.29) is 24.0 Å². The van der Waals surface area contributed by atoms with Gasteiger partial charge in [0.05, 0.1) is 12.1 Å². The molecule has 0 aliphatic carbocycles. The molecule has 0 saturated heterocycles. The summed E-state index contributed by atoms with van der Waals surface area (Å²) in [5.74, 6) is 0.0386. The van der Waals surface area contributed by atoms with Gasteiger partial charge >= 0.3 is 0 Å². The lowest BCUT2D eigenvalue weighted by Gasteiger charge is -2.12. The topological polar surface area (TPSA) is 55.4 Å². The quantitative estimate of drug-likeness (QED) is 0.791. The Kier molecular flexibility index (Phi) is 5.92. The zero-order chi connectivity index (χ0) is 16.7. The minimum Gasteiger partial charge on any atom is -0.487 e. The van der Waals surface area contributed by atoms with Gasteiger partial charge < -0.3 is 10.1 Å². The fraction of sp³-hybridized carbons (Fsp3) is 0.263. The van der Waals surface area contributed by atoms with Crippen LogP contribution < -0.4 is 10.1 Å². The van der Waals surface area contributed by atoms with E-state index in [1.807, 2.05) is 42.5 Å². The van der Waals surface area contributed by atoms with Gasteiger partial charge in [-0.25, -0.2) is 0 Å². The summed E-state index contributed by atoms with van der Waals surface area (Å²) >= 11 is 0. The molecule has 4 nitrogen and oxygen atoms in total. The fourth-order valence-corrected chi connectivity index (χ4v) is 1.99. The maximum Gasteiger partial charge on any atom is 0.231 e. The molecule has 0 bridgehead atoms. The number of carbonyl (C=O) groups is 2. The second-order valence-corrected chi connectivity index (χ2v) is 5.62. The summed E-state index contributed by atoms with van der Waals surface area (Å²) in [5, 5.41) is 2.75. The Morgan fingerprint density at radius 1 is 1.00 bits per heavy atom. The molecule has 0 spiro atoms. The lowest BCUT2D eigenvalue weighted by atomic mass is 10.1. The lowest BCUT2D eigenvalue weighted by molar-refractivity contribution is -0.127. The van der Waals surface area contributed by atoms with Crippen molar-refractivity contribution in [3.8, 4) is 5.75 Å². The Balaban J connectivity index is 2.00. The summed E-state index contributed by atoms with van der Waals surface area (Å²) in [6, 6.07) is 17.0. The summed E-state index contributed by atoms with van der Waals surface area (Å²) in [6.07, 6.45) is -0.120. The first-order chi connectivity index (χ1) is 11.1. The molecule has 1 N–H and O–H groups in total. The number of ether oxygens (including phenoxy) is 1. The third-order valence-corrected chi connectivity index (χ3v) is 3.38. The van der Waals surface area contributed by atoms with Crippen molar-refractivity contribution in [1.82, 2.24) is 0 Å². The molecule has 23 heavy (non-hydrogen) atoms. The molecule has 0 aromatic heterocycles. The Bertz CT molecular complexity index is 665. The highest BCUT2D eigenvalue weighted by Crippen LogP contribution is 2.25. The van der Waals surface area contributed by atoms with Gasteiger partial charge in [0.2, 0.25) is 5.91 Å². The van der Waals surface area contributed by atoms with Crippen LogP contribution in [-0.4, -0.2) is 11.7 Å². The average molecular weight is 311 g/mol. The first-order valence-electron chi connectivity index (χ1n) is 7.64. The molecule has 1 amide bonds. The van der Waals surface area contributed by atoms with Crippen LogP contribution in [0.2, 0.25) is 0 Å². The van der Waals surface area contributed by atoms with Crippen LogP contribution in [0.4, 0.5) is 5.69 Å². The van der Waals surface area contributed by atoms with Crippen LogP contribution in [-0.2, 0) is 16.2 Å². The van der Waals surface area contributed by atoms with Crippen molar-refractivity contribution in [2.75, 3.05) is 5.32 Å². The number of amides is 1. The van der Waals surface area contributed by atoms with E-state index in [9.17, 15) is 9.59 Å². The summed E-state index contributed by atoms with van der Waals surface area (Å²) in [5.41, 5.74) is 1.62. The van der Waals surface area contributed by atoms with Crippen molar-refractivity contribution in [3.63, 3.8) is 0 Å². The zero-order valence-corrected chi connectivity index (χ0v) is 13.4. The highest BCUT2D eigenvalue weighted by atomic mass is 16.5. The van der Waals surface area contributed by atoms with Gasteiger partial charge in [0.25, 0.3) is 0 Å². The summed E-state index contributed by atoms with van der Waals surface area (Å²) < 4.78 is 5.78. The monoisotopic (exact) mass is 311 g/mol. The standard InChI is InChI=1S/C19H21NO3/c1-14(2)17(21)12-19(22)20-16-10-6-7-11-18(16)23-13-15-8-4-3-5-9-15/h3-11,14H,12-13H2,1-2H3,(H,20,22). The normalized spacial score (nSPS) is 10.4. The summed E-state index contributed by atoms with van der Waals surface area (Å²) in [6.45, 7) is 3.98. The van der Waals surface area contributed by atoms with Crippen molar-refractivity contribution >= 4 is 17.4 Å². The number of anilines is 1. The number of ketones is 1. The van der Waals surface area contributed by atoms with Crippen molar-refractivity contribution in [2.24, 2.45) is 5.92 Å². The number of nitrogens with one attached hydrogen (secondary N) is 1. The molecule has 4 heteroatoms. The predicted molar refractivity (Wildman–Crippen MR) is 90.3 cm³/mol.